The number of nitrogens with one attached hydrogen (secondary N) is 1. The second-order valence-electron chi connectivity index (χ2n) is 4.58. The molecule has 2 atom stereocenters. The topological polar surface area (TPSA) is 113 Å². The fraction of sp³-hybridized carbons (Fsp3) is 0.750. The van der Waals surface area contributed by atoms with Crippen LogP contribution in [0.4, 0.5) is 0 Å². The van der Waals surface area contributed by atoms with Crippen molar-refractivity contribution in [3.05, 3.63) is 0 Å². The Hall–Kier alpha value is -1.63. The fourth-order valence-electron chi connectivity index (χ4n) is 1.97. The molecule has 0 saturated carbocycles. The van der Waals surface area contributed by atoms with Gasteiger partial charge in [-0.25, -0.2) is 4.79 Å². The number of carbonyl (C=O) groups is 3. The molecule has 1 fully saturated rings. The molecule has 0 aliphatic carbocycles. The van der Waals surface area contributed by atoms with Gasteiger partial charge in [0.05, 0.1) is 12.5 Å². The quantitative estimate of drug-likeness (QED) is 0.618. The third-order valence-electron chi connectivity index (χ3n) is 2.98. The summed E-state index contributed by atoms with van der Waals surface area (Å²) in [6.45, 7) is 0.697. The highest BCUT2D eigenvalue weighted by Gasteiger charge is 2.23. The molecule has 1 rings (SSSR count). The van der Waals surface area contributed by atoms with Crippen LogP contribution in [-0.4, -0.2) is 46.8 Å². The van der Waals surface area contributed by atoms with Crippen LogP contribution in [0.3, 0.4) is 0 Å². The largest absolute Gasteiger partial charge is 0.481 e. The fourth-order valence-corrected chi connectivity index (χ4v) is 1.97. The lowest BCUT2D eigenvalue weighted by molar-refractivity contribution is -0.147. The maximum absolute atomic E-state index is 11.6. The molecule has 7 heteroatoms. The van der Waals surface area contributed by atoms with Crippen molar-refractivity contribution in [2.24, 2.45) is 0 Å². The molecule has 3 N–H and O–H groups in total. The van der Waals surface area contributed by atoms with Crippen LogP contribution in [-0.2, 0) is 19.1 Å². The van der Waals surface area contributed by atoms with Crippen LogP contribution in [0.1, 0.15) is 38.5 Å². The summed E-state index contributed by atoms with van der Waals surface area (Å²) < 4.78 is 5.45. The van der Waals surface area contributed by atoms with Gasteiger partial charge in [-0.05, 0) is 25.7 Å². The zero-order valence-electron chi connectivity index (χ0n) is 10.6. The summed E-state index contributed by atoms with van der Waals surface area (Å²) in [5, 5.41) is 19.5. The molecule has 0 aromatic carbocycles. The predicted octanol–water partition coefficient (Wildman–Crippen LogP) is 0.380. The van der Waals surface area contributed by atoms with Gasteiger partial charge < -0.3 is 20.3 Å². The van der Waals surface area contributed by atoms with Crippen molar-refractivity contribution in [1.29, 1.82) is 0 Å². The van der Waals surface area contributed by atoms with E-state index < -0.39 is 30.3 Å². The Morgan fingerprint density at radius 3 is 2.53 bits per heavy atom. The monoisotopic (exact) mass is 273 g/mol. The molecule has 0 bridgehead atoms. The highest BCUT2D eigenvalue weighted by Crippen LogP contribution is 2.16. The molecular weight excluding hydrogens is 254 g/mol. The number of carboxylic acid groups (broad SMARTS) is 2. The van der Waals surface area contributed by atoms with Crippen molar-refractivity contribution in [3.8, 4) is 0 Å². The molecule has 7 nitrogen and oxygen atoms in total. The number of amides is 1. The van der Waals surface area contributed by atoms with Gasteiger partial charge in [0.25, 0.3) is 0 Å². The Kier molecular flexibility index (Phi) is 6.27. The second kappa shape index (κ2) is 7.73. The molecular formula is C12H19NO6. The molecule has 0 aromatic rings. The van der Waals surface area contributed by atoms with Crippen LogP contribution in [0.5, 0.6) is 0 Å². The lowest BCUT2D eigenvalue weighted by Crippen LogP contribution is -2.42. The van der Waals surface area contributed by atoms with Crippen molar-refractivity contribution in [2.75, 3.05) is 6.61 Å². The molecule has 1 unspecified atom stereocenters. The third-order valence-corrected chi connectivity index (χ3v) is 2.98. The summed E-state index contributed by atoms with van der Waals surface area (Å²) >= 11 is 0. The molecule has 108 valence electrons. The van der Waals surface area contributed by atoms with Gasteiger partial charge in [0.1, 0.15) is 6.04 Å². The molecule has 0 radical (unpaired) electrons. The average molecular weight is 273 g/mol. The number of hydrogen-bond acceptors (Lipinski definition) is 4. The van der Waals surface area contributed by atoms with E-state index in [9.17, 15) is 14.4 Å². The highest BCUT2D eigenvalue weighted by molar-refractivity contribution is 5.86. The van der Waals surface area contributed by atoms with Gasteiger partial charge in [-0.2, -0.15) is 0 Å². The Bertz CT molecular complexity index is 337. The number of aliphatic carboxylic acids is 2. The minimum Gasteiger partial charge on any atom is -0.481 e. The Labute approximate surface area is 110 Å². The molecule has 1 amide bonds. The van der Waals surface area contributed by atoms with E-state index in [4.69, 9.17) is 14.9 Å². The van der Waals surface area contributed by atoms with E-state index in [1.165, 1.54) is 0 Å². The van der Waals surface area contributed by atoms with Crippen molar-refractivity contribution in [2.45, 2.75) is 50.7 Å². The first-order valence-corrected chi connectivity index (χ1v) is 6.34. The summed E-state index contributed by atoms with van der Waals surface area (Å²) in [5.41, 5.74) is 0. The molecule has 1 aliphatic heterocycles. The van der Waals surface area contributed by atoms with Gasteiger partial charge in [0.2, 0.25) is 5.91 Å². The molecule has 0 spiro atoms. The Morgan fingerprint density at radius 1 is 1.26 bits per heavy atom. The van der Waals surface area contributed by atoms with Crippen LogP contribution in [0, 0.1) is 0 Å². The molecule has 1 saturated heterocycles. The zero-order valence-corrected chi connectivity index (χ0v) is 10.6. The Morgan fingerprint density at radius 2 is 2.00 bits per heavy atom. The van der Waals surface area contributed by atoms with Gasteiger partial charge in [0, 0.05) is 13.0 Å². The van der Waals surface area contributed by atoms with E-state index >= 15 is 0 Å². The molecule has 19 heavy (non-hydrogen) atoms. The van der Waals surface area contributed by atoms with Crippen LogP contribution >= 0.6 is 0 Å². The van der Waals surface area contributed by atoms with Gasteiger partial charge in [-0.3, -0.25) is 9.59 Å². The summed E-state index contributed by atoms with van der Waals surface area (Å²) in [6, 6.07) is -1.38. The SMILES string of the molecule is O=C(O)C[C@H](NC(=O)CCC1CCCCO1)C(=O)O. The van der Waals surface area contributed by atoms with Crippen molar-refractivity contribution in [3.63, 3.8) is 0 Å². The maximum atomic E-state index is 11.6. The van der Waals surface area contributed by atoms with Crippen molar-refractivity contribution < 1.29 is 29.3 Å². The van der Waals surface area contributed by atoms with E-state index in [-0.39, 0.29) is 12.5 Å². The maximum Gasteiger partial charge on any atom is 0.326 e. The molecule has 1 heterocycles. The summed E-state index contributed by atoms with van der Waals surface area (Å²) in [4.78, 5) is 32.8. The van der Waals surface area contributed by atoms with Gasteiger partial charge in [0.15, 0.2) is 0 Å². The summed E-state index contributed by atoms with van der Waals surface area (Å²) in [6.07, 6.45) is 3.11. The normalized spacial score (nSPS) is 20.5. The first kappa shape index (κ1) is 15.4. The smallest absolute Gasteiger partial charge is 0.326 e. The number of rotatable bonds is 7. The zero-order chi connectivity index (χ0) is 14.3. The van der Waals surface area contributed by atoms with Gasteiger partial charge in [-0.15, -0.1) is 0 Å². The first-order chi connectivity index (χ1) is 8.99. The number of ether oxygens (including phenoxy) is 1. The first-order valence-electron chi connectivity index (χ1n) is 6.34. The lowest BCUT2D eigenvalue weighted by Gasteiger charge is -2.22. The number of carbonyl (C=O) groups excluding carboxylic acids is 1. The number of carboxylic acids is 2. The van der Waals surface area contributed by atoms with Crippen LogP contribution in [0.15, 0.2) is 0 Å². The highest BCUT2D eigenvalue weighted by atomic mass is 16.5. The van der Waals surface area contributed by atoms with E-state index in [0.717, 1.165) is 19.3 Å². The minimum absolute atomic E-state index is 0.0438. The lowest BCUT2D eigenvalue weighted by atomic mass is 10.0. The molecule has 1 aliphatic rings. The average Bonchev–Trinajstić information content (AvgIpc) is 2.36. The number of hydrogen-bond donors (Lipinski definition) is 3. The van der Waals surface area contributed by atoms with Gasteiger partial charge in [-0.1, -0.05) is 0 Å². The standard InChI is InChI=1S/C12H19NO6/c14-10(5-4-8-3-1-2-6-19-8)13-9(12(17)18)7-11(15)16/h8-9H,1-7H2,(H,13,14)(H,15,16)(H,17,18)/t8?,9-/m0/s1. The molecule has 0 aromatic heterocycles. The summed E-state index contributed by atoms with van der Waals surface area (Å²) in [5.74, 6) is -3.06. The predicted molar refractivity (Wildman–Crippen MR) is 64.6 cm³/mol. The van der Waals surface area contributed by atoms with Crippen molar-refractivity contribution >= 4 is 17.8 Å². The van der Waals surface area contributed by atoms with Crippen LogP contribution in [0.2, 0.25) is 0 Å². The third kappa shape index (κ3) is 6.19. The van der Waals surface area contributed by atoms with E-state index in [0.29, 0.717) is 13.0 Å². The van der Waals surface area contributed by atoms with E-state index in [1.54, 1.807) is 0 Å². The summed E-state index contributed by atoms with van der Waals surface area (Å²) in [7, 11) is 0. The second-order valence-corrected chi connectivity index (χ2v) is 4.58. The van der Waals surface area contributed by atoms with Crippen LogP contribution in [0.25, 0.3) is 0 Å². The Balaban J connectivity index is 2.31. The van der Waals surface area contributed by atoms with E-state index in [1.807, 2.05) is 0 Å². The van der Waals surface area contributed by atoms with Crippen LogP contribution < -0.4 is 5.32 Å². The minimum atomic E-state index is -1.38. The van der Waals surface area contributed by atoms with E-state index in [2.05, 4.69) is 5.32 Å². The van der Waals surface area contributed by atoms with Gasteiger partial charge >= 0.3 is 11.9 Å². The van der Waals surface area contributed by atoms with Crippen molar-refractivity contribution in [1.82, 2.24) is 5.32 Å².